The van der Waals surface area contributed by atoms with Gasteiger partial charge in [0.25, 0.3) is 0 Å². The third kappa shape index (κ3) is 6.59. The van der Waals surface area contributed by atoms with Gasteiger partial charge in [-0.05, 0) is 68.4 Å². The van der Waals surface area contributed by atoms with Crippen molar-refractivity contribution in [3.05, 3.63) is 99.6 Å². The maximum absolute atomic E-state index is 13.5. The van der Waals surface area contributed by atoms with Gasteiger partial charge >= 0.3 is 0 Å². The summed E-state index contributed by atoms with van der Waals surface area (Å²) in [4.78, 5) is 0.206. The van der Waals surface area contributed by atoms with Gasteiger partial charge in [-0.1, -0.05) is 54.0 Å². The van der Waals surface area contributed by atoms with Crippen molar-refractivity contribution < 1.29 is 27.7 Å². The minimum absolute atomic E-state index is 0.0114. The quantitative estimate of drug-likeness (QED) is 0.162. The van der Waals surface area contributed by atoms with Gasteiger partial charge in [0, 0.05) is 18.5 Å². The van der Waals surface area contributed by atoms with Crippen LogP contribution in [0.3, 0.4) is 0 Å². The van der Waals surface area contributed by atoms with Crippen molar-refractivity contribution in [1.29, 1.82) is 0 Å². The van der Waals surface area contributed by atoms with E-state index < -0.39 is 22.2 Å². The van der Waals surface area contributed by atoms with Gasteiger partial charge in [-0.3, -0.25) is 0 Å². The lowest BCUT2D eigenvalue weighted by molar-refractivity contribution is -0.605. The van der Waals surface area contributed by atoms with Crippen LogP contribution in [0.15, 0.2) is 78.2 Å². The number of phenolic OH excluding ortho intramolecular Hbond substituents is 1. The number of hydrogen-bond acceptors (Lipinski definition) is 6. The van der Waals surface area contributed by atoms with Crippen molar-refractivity contribution in [2.75, 3.05) is 6.54 Å². The van der Waals surface area contributed by atoms with Crippen molar-refractivity contribution in [3.8, 4) is 11.5 Å². The second kappa shape index (κ2) is 12.5. The van der Waals surface area contributed by atoms with Crippen molar-refractivity contribution in [1.82, 2.24) is 4.31 Å². The fourth-order valence-electron chi connectivity index (χ4n) is 5.49. The van der Waals surface area contributed by atoms with E-state index in [-0.39, 0.29) is 39.0 Å². The highest BCUT2D eigenvalue weighted by atomic mass is 35.5. The monoisotopic (exact) mass is 618 g/mol. The van der Waals surface area contributed by atoms with E-state index >= 15 is 0 Å². The molecule has 2 heterocycles. The number of ether oxygens (including phenoxy) is 2. The molecular formula is C30H32Cl2N2O6S. The zero-order valence-electron chi connectivity index (χ0n) is 22.4. The molecule has 5 rings (SSSR count). The highest BCUT2D eigenvalue weighted by Gasteiger charge is 2.38. The first-order valence-electron chi connectivity index (χ1n) is 13.6. The number of sulfonamides is 1. The largest absolute Gasteiger partial charge is 0.619 e. The maximum Gasteiger partial charge on any atom is 0.243 e. The third-order valence-corrected chi connectivity index (χ3v) is 10.2. The lowest BCUT2D eigenvalue weighted by atomic mass is 10.0. The van der Waals surface area contributed by atoms with Crippen LogP contribution in [-0.4, -0.2) is 36.5 Å². The smallest absolute Gasteiger partial charge is 0.243 e. The Labute approximate surface area is 250 Å². The molecule has 218 valence electrons. The molecule has 0 radical (unpaired) electrons. The van der Waals surface area contributed by atoms with Crippen LogP contribution in [0.1, 0.15) is 55.8 Å². The maximum atomic E-state index is 13.5. The molecule has 1 saturated carbocycles. The van der Waals surface area contributed by atoms with E-state index in [1.807, 2.05) is 0 Å². The molecule has 11 heteroatoms. The normalized spacial score (nSPS) is 18.8. The molecule has 1 aliphatic carbocycles. The Hall–Kier alpha value is -2.98. The van der Waals surface area contributed by atoms with Crippen LogP contribution in [0.25, 0.3) is 0 Å². The van der Waals surface area contributed by atoms with E-state index in [1.165, 1.54) is 16.7 Å². The zero-order valence-corrected chi connectivity index (χ0v) is 24.7. The van der Waals surface area contributed by atoms with E-state index in [2.05, 4.69) is 6.58 Å². The Morgan fingerprint density at radius 3 is 2.44 bits per heavy atom. The number of hydrogen-bond donors (Lipinski definition) is 1. The second-order valence-corrected chi connectivity index (χ2v) is 13.1. The molecule has 0 amide bonds. The minimum atomic E-state index is -3.78. The highest BCUT2D eigenvalue weighted by molar-refractivity contribution is 7.89. The molecule has 1 aliphatic heterocycles. The summed E-state index contributed by atoms with van der Waals surface area (Å²) in [6.07, 6.45) is 7.06. The molecule has 0 bridgehead atoms. The highest BCUT2D eigenvalue weighted by Crippen LogP contribution is 2.39. The van der Waals surface area contributed by atoms with Crippen LogP contribution in [0, 0.1) is 5.21 Å². The van der Waals surface area contributed by atoms with E-state index in [9.17, 15) is 18.7 Å². The number of pyridine rings is 1. The lowest BCUT2D eigenvalue weighted by Gasteiger charge is -2.29. The van der Waals surface area contributed by atoms with Crippen LogP contribution >= 0.6 is 23.2 Å². The molecule has 0 spiro atoms. The van der Waals surface area contributed by atoms with Crippen molar-refractivity contribution in [3.63, 3.8) is 0 Å². The number of nitrogens with zero attached hydrogens (tertiary/aromatic N) is 2. The van der Waals surface area contributed by atoms with Crippen LogP contribution in [0.4, 0.5) is 0 Å². The van der Waals surface area contributed by atoms with Gasteiger partial charge in [0.05, 0.1) is 17.0 Å². The van der Waals surface area contributed by atoms with E-state index in [1.54, 1.807) is 48.5 Å². The first-order chi connectivity index (χ1) is 19.6. The molecule has 1 unspecified atom stereocenters. The number of phenols is 1. The average Bonchev–Trinajstić information content (AvgIpc) is 3.65. The summed E-state index contributed by atoms with van der Waals surface area (Å²) in [5.41, 5.74) is 1.14. The molecular weight excluding hydrogens is 587 g/mol. The topological polar surface area (TPSA) is 103 Å². The molecule has 8 nitrogen and oxygen atoms in total. The minimum Gasteiger partial charge on any atom is -0.619 e. The predicted molar refractivity (Wildman–Crippen MR) is 156 cm³/mol. The molecule has 2 fully saturated rings. The first kappa shape index (κ1) is 29.5. The first-order valence-corrected chi connectivity index (χ1v) is 15.8. The molecule has 1 aromatic heterocycles. The van der Waals surface area contributed by atoms with Gasteiger partial charge in [0.15, 0.2) is 23.9 Å². The van der Waals surface area contributed by atoms with E-state index in [0.29, 0.717) is 41.0 Å². The Morgan fingerprint density at radius 1 is 1.07 bits per heavy atom. The van der Waals surface area contributed by atoms with Crippen molar-refractivity contribution >= 4 is 33.2 Å². The summed E-state index contributed by atoms with van der Waals surface area (Å²) in [6, 6.07) is 12.7. The number of aromatic nitrogens is 1. The van der Waals surface area contributed by atoms with Gasteiger partial charge in [0.2, 0.25) is 10.0 Å². The number of aromatic hydroxyl groups is 1. The molecule has 2 aliphatic rings. The third-order valence-electron chi connectivity index (χ3n) is 7.62. The van der Waals surface area contributed by atoms with Crippen LogP contribution in [0.2, 0.25) is 10.0 Å². The second-order valence-electron chi connectivity index (χ2n) is 10.4. The molecule has 41 heavy (non-hydrogen) atoms. The zero-order chi connectivity index (χ0) is 29.1. The molecule has 3 aromatic rings. The Balaban J connectivity index is 1.46. The molecule has 2 aromatic carbocycles. The average molecular weight is 620 g/mol. The summed E-state index contributed by atoms with van der Waals surface area (Å²) in [5, 5.41) is 22.7. The number of benzene rings is 2. The summed E-state index contributed by atoms with van der Waals surface area (Å²) in [5.74, 6) is 0.628. The van der Waals surface area contributed by atoms with Gasteiger partial charge in [-0.15, -0.1) is 0 Å². The summed E-state index contributed by atoms with van der Waals surface area (Å²) < 4.78 is 41.5. The van der Waals surface area contributed by atoms with Gasteiger partial charge in [-0.2, -0.15) is 9.04 Å². The summed E-state index contributed by atoms with van der Waals surface area (Å²) in [7, 11) is -3.78. The Morgan fingerprint density at radius 2 is 1.76 bits per heavy atom. The fourth-order valence-corrected chi connectivity index (χ4v) is 7.79. The molecule has 1 N–H and O–H groups in total. The van der Waals surface area contributed by atoms with E-state index in [0.717, 1.165) is 25.7 Å². The van der Waals surface area contributed by atoms with Crippen LogP contribution < -0.4 is 9.47 Å². The van der Waals surface area contributed by atoms with Gasteiger partial charge in [-0.25, -0.2) is 8.42 Å². The van der Waals surface area contributed by atoms with E-state index in [4.69, 9.17) is 32.7 Å². The number of halogens is 2. The molecule has 1 saturated heterocycles. The predicted octanol–water partition coefficient (Wildman–Crippen LogP) is 6.32. The standard InChI is InChI=1S/C30H32Cl2N2O6S/c1-20(27-12-7-15-34(27)41(37,38)23-10-3-2-4-11-23)39-29(17-24-25(31)18-33(36)19-26(24)32)21-13-14-28(35)30(16-21)40-22-8-5-6-9-22/h2-4,10-11,13-14,16,18-19,22,27,29,35H,1,5-9,12,15,17H2/t27-,29?/m0/s1. The van der Waals surface area contributed by atoms with Crippen molar-refractivity contribution in [2.45, 2.75) is 68.1 Å². The summed E-state index contributed by atoms with van der Waals surface area (Å²) in [6.45, 7) is 4.49. The number of rotatable bonds is 10. The van der Waals surface area contributed by atoms with Crippen LogP contribution in [0.5, 0.6) is 11.5 Å². The SMILES string of the molecule is C=C(OC(Cc1c(Cl)c[n+]([O-])cc1Cl)c1ccc(O)c(OC2CCCC2)c1)[C@@H]1CCCN1S(=O)(=O)c1ccccc1. The molecule has 2 atom stereocenters. The lowest BCUT2D eigenvalue weighted by Crippen LogP contribution is -2.37. The van der Waals surface area contributed by atoms with Crippen LogP contribution in [-0.2, 0) is 21.2 Å². The Kier molecular flexibility index (Phi) is 8.99. The summed E-state index contributed by atoms with van der Waals surface area (Å²) >= 11 is 12.8. The van der Waals surface area contributed by atoms with Crippen molar-refractivity contribution in [2.24, 2.45) is 0 Å². The Bertz CT molecular complexity index is 1490. The van der Waals surface area contributed by atoms with Gasteiger partial charge in [0.1, 0.15) is 21.9 Å². The fraction of sp³-hybridized carbons (Fsp3) is 0.367. The van der Waals surface area contributed by atoms with Gasteiger partial charge < -0.3 is 19.8 Å².